The second-order valence-corrected chi connectivity index (χ2v) is 15.8. The molecule has 0 radical (unpaired) electrons. The highest BCUT2D eigenvalue weighted by Crippen LogP contribution is 2.45. The van der Waals surface area contributed by atoms with Crippen molar-refractivity contribution in [2.45, 2.75) is 78.0 Å². The highest BCUT2D eigenvalue weighted by atomic mass is 32.2. The molecule has 3 heterocycles. The molecule has 0 unspecified atom stereocenters. The van der Waals surface area contributed by atoms with E-state index >= 15 is 0 Å². The number of carbonyl (C=O) groups excluding carboxylic acids is 2. The second-order valence-electron chi connectivity index (χ2n) is 13.9. The van der Waals surface area contributed by atoms with Gasteiger partial charge in [0.1, 0.15) is 22.3 Å². The summed E-state index contributed by atoms with van der Waals surface area (Å²) in [7, 11) is -2.65. The normalized spacial score (nSPS) is 16.2. The van der Waals surface area contributed by atoms with Crippen LogP contribution in [0.5, 0.6) is 11.8 Å². The van der Waals surface area contributed by atoms with Crippen molar-refractivity contribution < 1.29 is 32.2 Å². The number of methoxy groups -OCH3 is 1. The Balaban J connectivity index is 1.39. The summed E-state index contributed by atoms with van der Waals surface area (Å²) in [5.41, 5.74) is 5.14. The molecule has 284 valence electrons. The van der Waals surface area contributed by atoms with Gasteiger partial charge in [-0.2, -0.15) is 4.31 Å². The van der Waals surface area contributed by atoms with E-state index in [4.69, 9.17) is 9.47 Å². The minimum atomic E-state index is -3.90. The Morgan fingerprint density at radius 1 is 1.06 bits per heavy atom. The van der Waals surface area contributed by atoms with Gasteiger partial charge in [-0.1, -0.05) is 62.4 Å². The largest absolute Gasteiger partial charge is 0.488 e. The van der Waals surface area contributed by atoms with Gasteiger partial charge in [0.05, 0.1) is 42.7 Å². The minimum absolute atomic E-state index is 0.0431. The van der Waals surface area contributed by atoms with Crippen molar-refractivity contribution in [1.82, 2.24) is 29.3 Å². The maximum Gasteiger partial charge on any atom is 0.344 e. The Bertz CT molecular complexity index is 2290. The minimum Gasteiger partial charge on any atom is -0.488 e. The van der Waals surface area contributed by atoms with Crippen molar-refractivity contribution in [2.24, 2.45) is 5.41 Å². The van der Waals surface area contributed by atoms with E-state index in [2.05, 4.69) is 30.3 Å². The first-order chi connectivity index (χ1) is 25.8. The number of sulfonamides is 1. The van der Waals surface area contributed by atoms with Gasteiger partial charge in [-0.15, -0.1) is 5.10 Å². The van der Waals surface area contributed by atoms with Gasteiger partial charge in [0.15, 0.2) is 6.61 Å². The quantitative estimate of drug-likeness (QED) is 0.158. The molecule has 1 aliphatic rings. The predicted octanol–water partition coefficient (Wildman–Crippen LogP) is 5.57. The fraction of sp³-hybridized carbons (Fsp3) is 0.385. The molecule has 1 N–H and O–H groups in total. The van der Waals surface area contributed by atoms with Gasteiger partial charge >= 0.3 is 12.0 Å². The highest BCUT2D eigenvalue weighted by molar-refractivity contribution is 7.89. The van der Waals surface area contributed by atoms with Gasteiger partial charge in [0.2, 0.25) is 15.9 Å². The fourth-order valence-corrected chi connectivity index (χ4v) is 8.38. The SMILES string of the molecule is CC[C@@H]1CN(Cc2cc([C@@H](c3ccc4c(nnn4CC)c3C)C(C)(C)C(=O)Nc3cnc(OCC(=O)OC)nc3)ccc2C)S(=O)(=O)c2ccccc2O1. The molecular formula is C39H45N7O7S. The highest BCUT2D eigenvalue weighted by Gasteiger charge is 2.41. The first-order valence-corrected chi connectivity index (χ1v) is 19.2. The van der Waals surface area contributed by atoms with Gasteiger partial charge in [-0.05, 0) is 73.2 Å². The van der Waals surface area contributed by atoms with E-state index in [1.54, 1.807) is 24.3 Å². The lowest BCUT2D eigenvalue weighted by atomic mass is 9.69. The summed E-state index contributed by atoms with van der Waals surface area (Å²) in [5.74, 6) is -1.06. The standard InChI is InChI=1S/C39H45N7O7S/c1-8-29-22-45(54(49,50)33-13-11-10-12-32(33)53-29)21-27-18-26(15-14-24(27)3)35(30-16-17-31-36(25(30)4)43-44-46(31)9-2)39(5,6)37(48)42-28-19-40-38(41-20-28)52-23-34(47)51-7/h10-20,29,35H,8-9,21-23H2,1-7H3,(H,42,48)/t29-,35+/m1/s1. The van der Waals surface area contributed by atoms with E-state index in [-0.39, 0.29) is 42.6 Å². The number of aromatic nitrogens is 5. The Labute approximate surface area is 314 Å². The van der Waals surface area contributed by atoms with Crippen LogP contribution in [0.3, 0.4) is 0 Å². The van der Waals surface area contributed by atoms with Crippen LogP contribution in [-0.4, -0.2) is 75.9 Å². The Kier molecular flexibility index (Phi) is 11.0. The maximum absolute atomic E-state index is 14.4. The number of hydrogen-bond acceptors (Lipinski definition) is 11. The molecule has 1 aliphatic heterocycles. The molecule has 0 bridgehead atoms. The van der Waals surface area contributed by atoms with E-state index in [1.165, 1.54) is 23.8 Å². The summed E-state index contributed by atoms with van der Waals surface area (Å²) in [6.07, 6.45) is 3.11. The van der Waals surface area contributed by atoms with E-state index in [0.717, 1.165) is 38.9 Å². The third-order valence-electron chi connectivity index (χ3n) is 10.0. The molecule has 0 saturated carbocycles. The predicted molar refractivity (Wildman–Crippen MR) is 202 cm³/mol. The fourth-order valence-electron chi connectivity index (χ4n) is 6.81. The van der Waals surface area contributed by atoms with Gasteiger partial charge in [-0.3, -0.25) is 4.79 Å². The first-order valence-electron chi connectivity index (χ1n) is 17.8. The van der Waals surface area contributed by atoms with Crippen LogP contribution in [0.4, 0.5) is 5.69 Å². The lowest BCUT2D eigenvalue weighted by Crippen LogP contribution is -2.38. The second kappa shape index (κ2) is 15.5. The van der Waals surface area contributed by atoms with Crippen molar-refractivity contribution in [1.29, 1.82) is 0 Å². The lowest BCUT2D eigenvalue weighted by Gasteiger charge is -2.35. The molecule has 5 aromatic rings. The van der Waals surface area contributed by atoms with Crippen molar-refractivity contribution >= 4 is 38.6 Å². The van der Waals surface area contributed by atoms with Crippen molar-refractivity contribution in [2.75, 3.05) is 25.6 Å². The number of para-hydroxylation sites is 1. The molecule has 54 heavy (non-hydrogen) atoms. The van der Waals surface area contributed by atoms with E-state index in [1.807, 2.05) is 76.6 Å². The van der Waals surface area contributed by atoms with Gasteiger partial charge < -0.3 is 19.5 Å². The Morgan fingerprint density at radius 2 is 1.80 bits per heavy atom. The molecule has 0 fully saturated rings. The molecule has 2 aromatic heterocycles. The topological polar surface area (TPSA) is 168 Å². The van der Waals surface area contributed by atoms with Gasteiger partial charge in [0.25, 0.3) is 0 Å². The molecule has 6 rings (SSSR count). The number of benzene rings is 3. The van der Waals surface area contributed by atoms with Crippen LogP contribution in [0, 0.1) is 19.3 Å². The van der Waals surface area contributed by atoms with E-state index < -0.39 is 27.3 Å². The average Bonchev–Trinajstić information content (AvgIpc) is 3.55. The number of ether oxygens (including phenoxy) is 3. The number of carbonyl (C=O) groups is 2. The van der Waals surface area contributed by atoms with Crippen molar-refractivity contribution in [3.63, 3.8) is 0 Å². The van der Waals surface area contributed by atoms with Crippen molar-refractivity contribution in [3.05, 3.63) is 94.8 Å². The molecular weight excluding hydrogens is 711 g/mol. The van der Waals surface area contributed by atoms with Crippen LogP contribution in [0.2, 0.25) is 0 Å². The summed E-state index contributed by atoms with van der Waals surface area (Å²) in [6.45, 7) is 12.2. The number of nitrogens with zero attached hydrogens (tertiary/aromatic N) is 6. The Morgan fingerprint density at radius 3 is 2.50 bits per heavy atom. The van der Waals surface area contributed by atoms with Crippen LogP contribution in [-0.2, 0) is 37.4 Å². The number of nitrogens with one attached hydrogen (secondary N) is 1. The van der Waals surface area contributed by atoms with E-state index in [9.17, 15) is 18.0 Å². The average molecular weight is 756 g/mol. The third-order valence-corrected chi connectivity index (χ3v) is 11.9. The van der Waals surface area contributed by atoms with E-state index in [0.29, 0.717) is 24.4 Å². The summed E-state index contributed by atoms with van der Waals surface area (Å²) in [4.78, 5) is 34.2. The summed E-state index contributed by atoms with van der Waals surface area (Å²) < 4.78 is 47.5. The van der Waals surface area contributed by atoms with Crippen LogP contribution in [0.1, 0.15) is 67.9 Å². The van der Waals surface area contributed by atoms with Crippen LogP contribution in [0.15, 0.2) is 71.9 Å². The maximum atomic E-state index is 14.4. The zero-order valence-electron chi connectivity index (χ0n) is 31.5. The zero-order valence-corrected chi connectivity index (χ0v) is 32.3. The Hall–Kier alpha value is -5.41. The lowest BCUT2D eigenvalue weighted by molar-refractivity contribution is -0.143. The first kappa shape index (κ1) is 38.3. The summed E-state index contributed by atoms with van der Waals surface area (Å²) in [5, 5.41) is 11.8. The number of rotatable bonds is 12. The third kappa shape index (κ3) is 7.51. The molecule has 3 aromatic carbocycles. The molecule has 1 amide bonds. The molecule has 0 aliphatic carbocycles. The van der Waals surface area contributed by atoms with Gasteiger partial charge in [-0.25, -0.2) is 27.9 Å². The van der Waals surface area contributed by atoms with Gasteiger partial charge in [0, 0.05) is 19.0 Å². The summed E-state index contributed by atoms with van der Waals surface area (Å²) in [6, 6.07) is 16.7. The number of hydrogen-bond donors (Lipinski definition) is 1. The molecule has 14 nitrogen and oxygen atoms in total. The monoisotopic (exact) mass is 755 g/mol. The number of anilines is 1. The number of amides is 1. The number of esters is 1. The molecule has 0 spiro atoms. The number of fused-ring (bicyclic) bond motifs is 2. The number of aryl methyl sites for hydroxylation is 3. The molecule has 0 saturated heterocycles. The van der Waals surface area contributed by atoms with Crippen LogP contribution < -0.4 is 14.8 Å². The van der Waals surface area contributed by atoms with Crippen LogP contribution >= 0.6 is 0 Å². The smallest absolute Gasteiger partial charge is 0.344 e. The molecule has 2 atom stereocenters. The molecule has 15 heteroatoms. The van der Waals surface area contributed by atoms with Crippen molar-refractivity contribution in [3.8, 4) is 11.8 Å². The zero-order chi connectivity index (χ0) is 38.8. The van der Waals surface area contributed by atoms with Crippen LogP contribution in [0.25, 0.3) is 11.0 Å². The summed E-state index contributed by atoms with van der Waals surface area (Å²) >= 11 is 0.